The molecule has 5 nitrogen and oxygen atoms in total. The second kappa shape index (κ2) is 10.8. The van der Waals surface area contributed by atoms with Crippen LogP contribution in [0.2, 0.25) is 0 Å². The lowest BCUT2D eigenvalue weighted by Gasteiger charge is -2.15. The van der Waals surface area contributed by atoms with Gasteiger partial charge in [-0.2, -0.15) is 5.26 Å². The topological polar surface area (TPSA) is 72.2 Å². The van der Waals surface area contributed by atoms with Gasteiger partial charge in [0.2, 0.25) is 0 Å². The number of hydrogen-bond acceptors (Lipinski definition) is 5. The number of hydrogen-bond donors (Lipinski definition) is 0. The number of nitrogens with zero attached hydrogens (tertiary/aromatic N) is 2. The Hall–Kier alpha value is -3.95. The highest BCUT2D eigenvalue weighted by Crippen LogP contribution is 2.34. The molecule has 1 aromatic heterocycles. The summed E-state index contributed by atoms with van der Waals surface area (Å²) in [5, 5.41) is 9.05. The van der Waals surface area contributed by atoms with Crippen LogP contribution < -0.4 is 9.47 Å². The zero-order chi connectivity index (χ0) is 23.9. The van der Waals surface area contributed by atoms with Gasteiger partial charge in [0.25, 0.3) is 0 Å². The maximum Gasteiger partial charge on any atom is 0.153 e. The molecule has 0 unspecified atom stereocenters. The van der Waals surface area contributed by atoms with Crippen LogP contribution in [-0.4, -0.2) is 11.3 Å². The molecule has 34 heavy (non-hydrogen) atoms. The van der Waals surface area contributed by atoms with Crippen LogP contribution in [0.15, 0.2) is 83.6 Å². The predicted octanol–water partition coefficient (Wildman–Crippen LogP) is 6.66. The standard InChI is InChI=1S/C28H21BrN2O3/c1-19-23(8-5-9-25(19)22-6-3-2-4-7-22)18-34-28-12-27(24(16-32)11-26(28)29)33-17-21-10-20(13-30)14-31-15-21/h2-12,14-16H,17-18H2,1H3. The number of pyridine rings is 1. The number of aldehydes is 1. The summed E-state index contributed by atoms with van der Waals surface area (Å²) in [4.78, 5) is 15.6. The average molecular weight is 513 g/mol. The summed E-state index contributed by atoms with van der Waals surface area (Å²) < 4.78 is 12.7. The van der Waals surface area contributed by atoms with Crippen LogP contribution in [-0.2, 0) is 13.2 Å². The Kier molecular flexibility index (Phi) is 7.36. The third-order valence-electron chi connectivity index (χ3n) is 5.42. The molecule has 0 aliphatic heterocycles. The fourth-order valence-electron chi connectivity index (χ4n) is 3.59. The average Bonchev–Trinajstić information content (AvgIpc) is 2.88. The van der Waals surface area contributed by atoms with Crippen molar-refractivity contribution < 1.29 is 14.3 Å². The molecule has 0 saturated carbocycles. The number of carbonyl (C=O) groups is 1. The van der Waals surface area contributed by atoms with Crippen LogP contribution in [0.5, 0.6) is 11.5 Å². The Bertz CT molecular complexity index is 1360. The molecule has 0 spiro atoms. The van der Waals surface area contributed by atoms with Crippen molar-refractivity contribution in [2.75, 3.05) is 0 Å². The van der Waals surface area contributed by atoms with Crippen LogP contribution in [0.3, 0.4) is 0 Å². The smallest absolute Gasteiger partial charge is 0.153 e. The van der Waals surface area contributed by atoms with Gasteiger partial charge in [-0.15, -0.1) is 0 Å². The second-order valence-corrected chi connectivity index (χ2v) is 8.52. The minimum atomic E-state index is 0.169. The lowest BCUT2D eigenvalue weighted by Crippen LogP contribution is -2.03. The predicted molar refractivity (Wildman–Crippen MR) is 134 cm³/mol. The normalized spacial score (nSPS) is 10.4. The highest BCUT2D eigenvalue weighted by molar-refractivity contribution is 9.10. The van der Waals surface area contributed by atoms with Gasteiger partial charge in [-0.3, -0.25) is 9.78 Å². The first kappa shape index (κ1) is 23.2. The number of nitriles is 1. The molecule has 4 aromatic rings. The molecule has 0 aliphatic carbocycles. The van der Waals surface area contributed by atoms with Gasteiger partial charge in [-0.25, -0.2) is 0 Å². The van der Waals surface area contributed by atoms with Gasteiger partial charge in [-0.1, -0.05) is 48.5 Å². The van der Waals surface area contributed by atoms with E-state index in [0.717, 1.165) is 34.1 Å². The number of benzene rings is 3. The van der Waals surface area contributed by atoms with E-state index in [4.69, 9.17) is 14.7 Å². The zero-order valence-corrected chi connectivity index (χ0v) is 20.1. The molecule has 6 heteroatoms. The Morgan fingerprint density at radius 2 is 1.76 bits per heavy atom. The fraction of sp³-hybridized carbons (Fsp3) is 0.107. The van der Waals surface area contributed by atoms with Crippen molar-refractivity contribution in [1.82, 2.24) is 4.98 Å². The molecule has 0 saturated heterocycles. The van der Waals surface area contributed by atoms with Crippen molar-refractivity contribution in [3.63, 3.8) is 0 Å². The summed E-state index contributed by atoms with van der Waals surface area (Å²) in [6.45, 7) is 2.62. The van der Waals surface area contributed by atoms with E-state index < -0.39 is 0 Å². The van der Waals surface area contributed by atoms with Crippen molar-refractivity contribution in [3.05, 3.63) is 111 Å². The minimum Gasteiger partial charge on any atom is -0.488 e. The molecule has 0 radical (unpaired) electrons. The molecule has 168 valence electrons. The highest BCUT2D eigenvalue weighted by atomic mass is 79.9. The van der Waals surface area contributed by atoms with E-state index >= 15 is 0 Å². The molecule has 0 N–H and O–H groups in total. The highest BCUT2D eigenvalue weighted by Gasteiger charge is 2.13. The Morgan fingerprint density at radius 3 is 2.53 bits per heavy atom. The van der Waals surface area contributed by atoms with Crippen molar-refractivity contribution in [2.45, 2.75) is 20.1 Å². The summed E-state index contributed by atoms with van der Waals surface area (Å²) in [7, 11) is 0. The van der Waals surface area contributed by atoms with Gasteiger partial charge >= 0.3 is 0 Å². The monoisotopic (exact) mass is 512 g/mol. The summed E-state index contributed by atoms with van der Waals surface area (Å²) in [6, 6.07) is 23.5. The molecule has 0 fully saturated rings. The van der Waals surface area contributed by atoms with E-state index in [2.05, 4.69) is 52.1 Å². The Morgan fingerprint density at radius 1 is 0.971 bits per heavy atom. The van der Waals surface area contributed by atoms with E-state index in [-0.39, 0.29) is 6.61 Å². The zero-order valence-electron chi connectivity index (χ0n) is 18.5. The van der Waals surface area contributed by atoms with Crippen LogP contribution in [0, 0.1) is 18.3 Å². The van der Waals surface area contributed by atoms with Crippen LogP contribution >= 0.6 is 15.9 Å². The summed E-state index contributed by atoms with van der Waals surface area (Å²) in [6.07, 6.45) is 3.85. The van der Waals surface area contributed by atoms with E-state index in [9.17, 15) is 4.79 Å². The lowest BCUT2D eigenvalue weighted by molar-refractivity contribution is 0.111. The van der Waals surface area contributed by atoms with Crippen molar-refractivity contribution in [1.29, 1.82) is 5.26 Å². The van der Waals surface area contributed by atoms with Gasteiger partial charge in [0.1, 0.15) is 30.8 Å². The Labute approximate surface area is 206 Å². The van der Waals surface area contributed by atoms with E-state index in [1.807, 2.05) is 30.3 Å². The van der Waals surface area contributed by atoms with Crippen LogP contribution in [0.4, 0.5) is 0 Å². The molecule has 0 bridgehead atoms. The van der Waals surface area contributed by atoms with Crippen molar-refractivity contribution in [3.8, 4) is 28.7 Å². The molecular formula is C28H21BrN2O3. The summed E-state index contributed by atoms with van der Waals surface area (Å²) in [5.41, 5.74) is 6.11. The number of carbonyl (C=O) groups excluding carboxylic acids is 1. The molecule has 3 aromatic carbocycles. The van der Waals surface area contributed by atoms with Crippen molar-refractivity contribution >= 4 is 22.2 Å². The molecule has 0 aliphatic rings. The number of rotatable bonds is 8. The van der Waals surface area contributed by atoms with Crippen LogP contribution in [0.25, 0.3) is 11.1 Å². The number of aromatic nitrogens is 1. The van der Waals surface area contributed by atoms with Gasteiger partial charge in [0.05, 0.1) is 15.6 Å². The molecular weight excluding hydrogens is 492 g/mol. The first-order valence-corrected chi connectivity index (χ1v) is 11.4. The van der Waals surface area contributed by atoms with E-state index in [0.29, 0.717) is 33.7 Å². The summed E-state index contributed by atoms with van der Waals surface area (Å²) >= 11 is 3.49. The molecule has 0 atom stereocenters. The fourth-order valence-corrected chi connectivity index (χ4v) is 4.07. The lowest BCUT2D eigenvalue weighted by atomic mass is 9.97. The largest absolute Gasteiger partial charge is 0.488 e. The number of halogens is 1. The van der Waals surface area contributed by atoms with Crippen LogP contribution in [0.1, 0.15) is 32.6 Å². The van der Waals surface area contributed by atoms with Gasteiger partial charge in [-0.05, 0) is 57.2 Å². The Balaban J connectivity index is 1.54. The maximum atomic E-state index is 11.6. The van der Waals surface area contributed by atoms with E-state index in [1.54, 1.807) is 24.4 Å². The minimum absolute atomic E-state index is 0.169. The maximum absolute atomic E-state index is 11.6. The molecule has 1 heterocycles. The molecule has 0 amide bonds. The number of ether oxygens (including phenoxy) is 2. The van der Waals surface area contributed by atoms with E-state index in [1.165, 1.54) is 6.20 Å². The quantitative estimate of drug-likeness (QED) is 0.246. The summed E-state index contributed by atoms with van der Waals surface area (Å²) in [5.74, 6) is 0.958. The molecule has 4 rings (SSSR count). The first-order valence-electron chi connectivity index (χ1n) is 10.6. The van der Waals surface area contributed by atoms with Gasteiger partial charge in [0, 0.05) is 24.0 Å². The SMILES string of the molecule is Cc1c(COc2cc(OCc3cncc(C#N)c3)c(C=O)cc2Br)cccc1-c1ccccc1. The third-order valence-corrected chi connectivity index (χ3v) is 6.04. The van der Waals surface area contributed by atoms with Crippen molar-refractivity contribution in [2.24, 2.45) is 0 Å². The third kappa shape index (κ3) is 5.33. The second-order valence-electron chi connectivity index (χ2n) is 7.67. The first-order chi connectivity index (χ1) is 16.6. The van der Waals surface area contributed by atoms with Gasteiger partial charge in [0.15, 0.2) is 6.29 Å². The van der Waals surface area contributed by atoms with Gasteiger partial charge < -0.3 is 9.47 Å².